The summed E-state index contributed by atoms with van der Waals surface area (Å²) in [7, 11) is 3.43. The molecule has 2 N–H and O–H groups in total. The molecule has 0 saturated carbocycles. The van der Waals surface area contributed by atoms with E-state index >= 15 is 0 Å². The van der Waals surface area contributed by atoms with Crippen LogP contribution in [0.25, 0.3) is 11.4 Å². The van der Waals surface area contributed by atoms with Crippen LogP contribution in [0.15, 0.2) is 64.1 Å². The largest absolute Gasteiger partial charge is 0.497 e. The number of hydrogen-bond donors (Lipinski definition) is 2. The summed E-state index contributed by atoms with van der Waals surface area (Å²) >= 11 is 0. The van der Waals surface area contributed by atoms with Crippen LogP contribution < -0.4 is 15.4 Å². The molecule has 0 aliphatic heterocycles. The Morgan fingerprint density at radius 2 is 1.80 bits per heavy atom. The molecule has 0 unspecified atom stereocenters. The van der Waals surface area contributed by atoms with Crippen molar-refractivity contribution in [2.75, 3.05) is 20.7 Å². The zero-order valence-corrected chi connectivity index (χ0v) is 17.6. The monoisotopic (exact) mass is 407 g/mol. The van der Waals surface area contributed by atoms with Crippen molar-refractivity contribution >= 4 is 5.96 Å². The second-order valence-corrected chi connectivity index (χ2v) is 6.89. The van der Waals surface area contributed by atoms with Crippen molar-refractivity contribution in [3.05, 3.63) is 66.1 Å². The van der Waals surface area contributed by atoms with Gasteiger partial charge in [0.25, 0.3) is 0 Å². The molecule has 0 fully saturated rings. The van der Waals surface area contributed by atoms with Gasteiger partial charge in [-0.3, -0.25) is 4.99 Å². The molecule has 0 spiro atoms. The number of guanidine groups is 1. The standard InChI is InChI=1S/C23H29N5O2/c1-24-23(26-17-18-9-5-3-6-10-18)25-16-8-4-7-11-21-27-22(28-30-21)19-12-14-20(29-2)15-13-19/h3,5-6,9-10,12-15H,4,7-8,11,16-17H2,1-2H3,(H2,24,25,26). The van der Waals surface area contributed by atoms with Crippen molar-refractivity contribution in [1.29, 1.82) is 0 Å². The Hall–Kier alpha value is -3.35. The number of ether oxygens (including phenoxy) is 1. The summed E-state index contributed by atoms with van der Waals surface area (Å²) in [5.41, 5.74) is 2.15. The first-order valence-corrected chi connectivity index (χ1v) is 10.2. The second kappa shape index (κ2) is 11.6. The van der Waals surface area contributed by atoms with Gasteiger partial charge in [0.2, 0.25) is 11.7 Å². The second-order valence-electron chi connectivity index (χ2n) is 6.89. The number of benzene rings is 2. The molecule has 3 aromatic rings. The molecule has 0 bridgehead atoms. The highest BCUT2D eigenvalue weighted by molar-refractivity contribution is 5.79. The summed E-state index contributed by atoms with van der Waals surface area (Å²) in [6.07, 6.45) is 3.90. The van der Waals surface area contributed by atoms with E-state index in [2.05, 4.69) is 37.9 Å². The van der Waals surface area contributed by atoms with Crippen LogP contribution in [0.5, 0.6) is 5.75 Å². The molecule has 30 heavy (non-hydrogen) atoms. The summed E-state index contributed by atoms with van der Waals surface area (Å²) in [4.78, 5) is 8.75. The molecule has 0 atom stereocenters. The maximum Gasteiger partial charge on any atom is 0.226 e. The number of rotatable bonds is 10. The molecule has 1 heterocycles. The number of aliphatic imine (C=N–C) groups is 1. The highest BCUT2D eigenvalue weighted by atomic mass is 16.5. The minimum Gasteiger partial charge on any atom is -0.497 e. The lowest BCUT2D eigenvalue weighted by Crippen LogP contribution is -2.37. The van der Waals surface area contributed by atoms with Crippen LogP contribution in [0, 0.1) is 0 Å². The van der Waals surface area contributed by atoms with Crippen LogP contribution in [-0.4, -0.2) is 36.8 Å². The van der Waals surface area contributed by atoms with Gasteiger partial charge >= 0.3 is 0 Å². The number of aryl methyl sites for hydroxylation is 1. The van der Waals surface area contributed by atoms with Gasteiger partial charge < -0.3 is 19.9 Å². The van der Waals surface area contributed by atoms with E-state index in [1.54, 1.807) is 14.2 Å². The number of nitrogens with zero attached hydrogens (tertiary/aromatic N) is 3. The van der Waals surface area contributed by atoms with Gasteiger partial charge in [0.15, 0.2) is 5.96 Å². The fourth-order valence-electron chi connectivity index (χ4n) is 3.00. The maximum absolute atomic E-state index is 5.37. The summed E-state index contributed by atoms with van der Waals surface area (Å²) in [6.45, 7) is 1.63. The minimum atomic E-state index is 0.614. The molecule has 0 amide bonds. The lowest BCUT2D eigenvalue weighted by Gasteiger charge is -2.11. The molecular formula is C23H29N5O2. The maximum atomic E-state index is 5.37. The highest BCUT2D eigenvalue weighted by Crippen LogP contribution is 2.20. The van der Waals surface area contributed by atoms with E-state index in [1.165, 1.54) is 5.56 Å². The Bertz CT molecular complexity index is 907. The van der Waals surface area contributed by atoms with Crippen molar-refractivity contribution in [1.82, 2.24) is 20.8 Å². The molecule has 0 saturated heterocycles. The third-order valence-electron chi connectivity index (χ3n) is 4.70. The van der Waals surface area contributed by atoms with Gasteiger partial charge in [-0.2, -0.15) is 4.98 Å². The summed E-state index contributed by atoms with van der Waals surface area (Å²) in [5.74, 6) is 2.92. The van der Waals surface area contributed by atoms with Crippen molar-refractivity contribution in [3.8, 4) is 17.1 Å². The van der Waals surface area contributed by atoms with E-state index in [-0.39, 0.29) is 0 Å². The van der Waals surface area contributed by atoms with E-state index in [4.69, 9.17) is 9.26 Å². The molecule has 0 radical (unpaired) electrons. The highest BCUT2D eigenvalue weighted by Gasteiger charge is 2.08. The predicted octanol–water partition coefficient (Wildman–Crippen LogP) is 3.82. The van der Waals surface area contributed by atoms with Crippen LogP contribution in [0.2, 0.25) is 0 Å². The van der Waals surface area contributed by atoms with Gasteiger partial charge in [-0.05, 0) is 42.7 Å². The zero-order valence-electron chi connectivity index (χ0n) is 17.6. The van der Waals surface area contributed by atoms with E-state index in [9.17, 15) is 0 Å². The van der Waals surface area contributed by atoms with Gasteiger partial charge in [-0.15, -0.1) is 0 Å². The Morgan fingerprint density at radius 3 is 2.53 bits per heavy atom. The van der Waals surface area contributed by atoms with Gasteiger partial charge in [0.05, 0.1) is 7.11 Å². The average molecular weight is 408 g/mol. The number of unbranched alkanes of at least 4 members (excludes halogenated alkanes) is 2. The Morgan fingerprint density at radius 1 is 1.00 bits per heavy atom. The van der Waals surface area contributed by atoms with E-state index in [1.807, 2.05) is 42.5 Å². The normalized spacial score (nSPS) is 11.3. The van der Waals surface area contributed by atoms with Crippen molar-refractivity contribution in [3.63, 3.8) is 0 Å². The topological polar surface area (TPSA) is 84.6 Å². The first kappa shape index (κ1) is 21.4. The van der Waals surface area contributed by atoms with Gasteiger partial charge in [-0.1, -0.05) is 41.9 Å². The first-order valence-electron chi connectivity index (χ1n) is 10.2. The van der Waals surface area contributed by atoms with Crippen LogP contribution in [-0.2, 0) is 13.0 Å². The Labute approximate surface area is 177 Å². The van der Waals surface area contributed by atoms with E-state index < -0.39 is 0 Å². The predicted molar refractivity (Wildman–Crippen MR) is 118 cm³/mol. The smallest absolute Gasteiger partial charge is 0.226 e. The third-order valence-corrected chi connectivity index (χ3v) is 4.70. The first-order chi connectivity index (χ1) is 14.8. The molecule has 7 heteroatoms. The van der Waals surface area contributed by atoms with Gasteiger partial charge in [-0.25, -0.2) is 0 Å². The Balaban J connectivity index is 1.32. The van der Waals surface area contributed by atoms with Crippen LogP contribution >= 0.6 is 0 Å². The third kappa shape index (κ3) is 6.62. The fourth-order valence-corrected chi connectivity index (χ4v) is 3.00. The molecule has 7 nitrogen and oxygen atoms in total. The molecule has 0 aliphatic rings. The molecule has 158 valence electrons. The minimum absolute atomic E-state index is 0.614. The average Bonchev–Trinajstić information content (AvgIpc) is 3.28. The zero-order chi connectivity index (χ0) is 21.0. The van der Waals surface area contributed by atoms with Gasteiger partial charge in [0.1, 0.15) is 5.75 Å². The number of methoxy groups -OCH3 is 1. The number of nitrogens with one attached hydrogen (secondary N) is 2. The Kier molecular flexibility index (Phi) is 8.26. The van der Waals surface area contributed by atoms with Crippen molar-refractivity contribution < 1.29 is 9.26 Å². The van der Waals surface area contributed by atoms with Crippen molar-refractivity contribution in [2.45, 2.75) is 32.2 Å². The lowest BCUT2D eigenvalue weighted by atomic mass is 10.2. The number of hydrogen-bond acceptors (Lipinski definition) is 5. The lowest BCUT2D eigenvalue weighted by molar-refractivity contribution is 0.374. The van der Waals surface area contributed by atoms with Crippen LogP contribution in [0.3, 0.4) is 0 Å². The molecule has 1 aromatic heterocycles. The molecular weight excluding hydrogens is 378 g/mol. The molecule has 0 aliphatic carbocycles. The van der Waals surface area contributed by atoms with E-state index in [0.29, 0.717) is 11.7 Å². The van der Waals surface area contributed by atoms with Crippen LogP contribution in [0.4, 0.5) is 0 Å². The number of aromatic nitrogens is 2. The quantitative estimate of drug-likeness (QED) is 0.302. The van der Waals surface area contributed by atoms with Crippen LogP contribution in [0.1, 0.15) is 30.7 Å². The summed E-state index contributed by atoms with van der Waals surface area (Å²) < 4.78 is 10.5. The van der Waals surface area contributed by atoms with Gasteiger partial charge in [0, 0.05) is 32.1 Å². The molecule has 2 aromatic carbocycles. The van der Waals surface area contributed by atoms with E-state index in [0.717, 1.165) is 56.0 Å². The fraction of sp³-hybridized carbons (Fsp3) is 0.348. The summed E-state index contributed by atoms with van der Waals surface area (Å²) in [5, 5.41) is 10.7. The SMILES string of the molecule is CN=C(NCCCCCc1nc(-c2ccc(OC)cc2)no1)NCc1ccccc1. The molecule has 3 rings (SSSR count). The summed E-state index contributed by atoms with van der Waals surface area (Å²) in [6, 6.07) is 17.9. The van der Waals surface area contributed by atoms with Crippen molar-refractivity contribution in [2.24, 2.45) is 4.99 Å².